The lowest BCUT2D eigenvalue weighted by molar-refractivity contribution is 0.0911. The molecule has 1 heteroatoms. The number of unbranched alkanes of at least 4 members (excludes halogenated alkanes) is 2. The molecule has 0 unspecified atom stereocenters. The standard InChI is InChI=1S/C14H24O/c1-5-6-7-8-9-10-11-13(4)14(15)12(2)3/h10-15H,5-7H2,1-4H3/b11-10-/t13-,14+/m0/s1. The van der Waals surface area contributed by atoms with Gasteiger partial charge in [-0.05, 0) is 18.4 Å². The van der Waals surface area contributed by atoms with Crippen molar-refractivity contribution < 1.29 is 5.11 Å². The summed E-state index contributed by atoms with van der Waals surface area (Å²) >= 11 is 0. The Morgan fingerprint density at radius 2 is 1.93 bits per heavy atom. The van der Waals surface area contributed by atoms with Crippen LogP contribution in [0.3, 0.4) is 0 Å². The summed E-state index contributed by atoms with van der Waals surface area (Å²) in [7, 11) is 0. The molecule has 15 heavy (non-hydrogen) atoms. The van der Waals surface area contributed by atoms with Crippen LogP contribution in [0.2, 0.25) is 0 Å². The summed E-state index contributed by atoms with van der Waals surface area (Å²) in [5, 5.41) is 9.74. The minimum absolute atomic E-state index is 0.186. The van der Waals surface area contributed by atoms with Crippen LogP contribution in [0.25, 0.3) is 0 Å². The molecule has 0 fully saturated rings. The van der Waals surface area contributed by atoms with Gasteiger partial charge in [-0.3, -0.25) is 0 Å². The fraction of sp³-hybridized carbons (Fsp3) is 0.714. The van der Waals surface area contributed by atoms with E-state index in [0.717, 1.165) is 6.42 Å². The van der Waals surface area contributed by atoms with E-state index in [4.69, 9.17) is 0 Å². The summed E-state index contributed by atoms with van der Waals surface area (Å²) in [6, 6.07) is 0. The van der Waals surface area contributed by atoms with Crippen molar-refractivity contribution in [3.05, 3.63) is 12.2 Å². The summed E-state index contributed by atoms with van der Waals surface area (Å²) < 4.78 is 0. The molecular weight excluding hydrogens is 184 g/mol. The van der Waals surface area contributed by atoms with Crippen molar-refractivity contribution in [3.8, 4) is 11.8 Å². The second kappa shape index (κ2) is 8.56. The van der Waals surface area contributed by atoms with Crippen LogP contribution in [0, 0.1) is 23.7 Å². The molecule has 0 aliphatic rings. The smallest absolute Gasteiger partial charge is 0.0623 e. The predicted molar refractivity (Wildman–Crippen MR) is 66.4 cm³/mol. The molecule has 0 rings (SSSR count). The second-order valence-corrected chi connectivity index (χ2v) is 4.38. The van der Waals surface area contributed by atoms with E-state index in [9.17, 15) is 5.11 Å². The lowest BCUT2D eigenvalue weighted by atomic mass is 9.95. The normalized spacial score (nSPS) is 15.1. The number of hydrogen-bond acceptors (Lipinski definition) is 1. The van der Waals surface area contributed by atoms with Crippen molar-refractivity contribution in [2.24, 2.45) is 11.8 Å². The van der Waals surface area contributed by atoms with Crippen LogP contribution in [0.15, 0.2) is 12.2 Å². The Labute approximate surface area is 94.6 Å². The van der Waals surface area contributed by atoms with Crippen LogP contribution in [-0.4, -0.2) is 11.2 Å². The highest BCUT2D eigenvalue weighted by atomic mass is 16.3. The predicted octanol–water partition coefficient (Wildman–Crippen LogP) is 3.39. The molecule has 0 aliphatic heterocycles. The van der Waals surface area contributed by atoms with E-state index < -0.39 is 0 Å². The number of hydrogen-bond donors (Lipinski definition) is 1. The minimum Gasteiger partial charge on any atom is -0.392 e. The fourth-order valence-corrected chi connectivity index (χ4v) is 1.32. The molecule has 0 radical (unpaired) electrons. The van der Waals surface area contributed by atoms with Gasteiger partial charge in [-0.2, -0.15) is 0 Å². The first kappa shape index (κ1) is 14.3. The van der Waals surface area contributed by atoms with Gasteiger partial charge in [-0.25, -0.2) is 0 Å². The van der Waals surface area contributed by atoms with Crippen LogP contribution in [0.4, 0.5) is 0 Å². The Balaban J connectivity index is 3.88. The van der Waals surface area contributed by atoms with E-state index in [-0.39, 0.29) is 12.0 Å². The summed E-state index contributed by atoms with van der Waals surface area (Å²) in [6.45, 7) is 8.25. The van der Waals surface area contributed by atoms with E-state index in [1.807, 2.05) is 32.9 Å². The molecule has 1 nitrogen and oxygen atoms in total. The third kappa shape index (κ3) is 7.22. The summed E-state index contributed by atoms with van der Waals surface area (Å²) in [5.74, 6) is 6.58. The molecular formula is C14H24O. The highest BCUT2D eigenvalue weighted by Crippen LogP contribution is 2.13. The Morgan fingerprint density at radius 1 is 1.27 bits per heavy atom. The Kier molecular flexibility index (Phi) is 8.14. The maximum absolute atomic E-state index is 9.74. The molecule has 0 heterocycles. The van der Waals surface area contributed by atoms with E-state index in [1.54, 1.807) is 0 Å². The maximum Gasteiger partial charge on any atom is 0.0623 e. The van der Waals surface area contributed by atoms with Gasteiger partial charge in [0.15, 0.2) is 0 Å². The van der Waals surface area contributed by atoms with Crippen molar-refractivity contribution in [1.82, 2.24) is 0 Å². The highest BCUT2D eigenvalue weighted by Gasteiger charge is 2.14. The maximum atomic E-state index is 9.74. The van der Waals surface area contributed by atoms with E-state index >= 15 is 0 Å². The van der Waals surface area contributed by atoms with Crippen molar-refractivity contribution in [3.63, 3.8) is 0 Å². The van der Waals surface area contributed by atoms with Gasteiger partial charge in [0.25, 0.3) is 0 Å². The van der Waals surface area contributed by atoms with Gasteiger partial charge >= 0.3 is 0 Å². The fourth-order valence-electron chi connectivity index (χ4n) is 1.32. The first-order chi connectivity index (χ1) is 7.09. The Hall–Kier alpha value is -0.740. The summed E-state index contributed by atoms with van der Waals surface area (Å²) in [6.07, 6.45) is 6.93. The molecule has 0 spiro atoms. The van der Waals surface area contributed by atoms with Gasteiger partial charge < -0.3 is 5.11 Å². The van der Waals surface area contributed by atoms with Gasteiger partial charge in [-0.1, -0.05) is 52.0 Å². The molecule has 1 N–H and O–H groups in total. The third-order valence-corrected chi connectivity index (χ3v) is 2.46. The van der Waals surface area contributed by atoms with E-state index in [2.05, 4.69) is 18.8 Å². The lowest BCUT2D eigenvalue weighted by Crippen LogP contribution is -2.21. The van der Waals surface area contributed by atoms with Crippen molar-refractivity contribution in [2.75, 3.05) is 0 Å². The van der Waals surface area contributed by atoms with Gasteiger partial charge in [0.05, 0.1) is 6.10 Å². The molecule has 2 atom stereocenters. The van der Waals surface area contributed by atoms with Crippen molar-refractivity contribution in [1.29, 1.82) is 0 Å². The van der Waals surface area contributed by atoms with Gasteiger partial charge in [0.1, 0.15) is 0 Å². The van der Waals surface area contributed by atoms with Crippen LogP contribution < -0.4 is 0 Å². The zero-order valence-corrected chi connectivity index (χ0v) is 10.5. The Morgan fingerprint density at radius 3 is 2.47 bits per heavy atom. The van der Waals surface area contributed by atoms with E-state index in [0.29, 0.717) is 5.92 Å². The first-order valence-corrected chi connectivity index (χ1v) is 5.92. The quantitative estimate of drug-likeness (QED) is 0.542. The molecule has 0 amide bonds. The molecule has 0 aromatic heterocycles. The molecule has 0 bridgehead atoms. The monoisotopic (exact) mass is 208 g/mol. The molecule has 0 saturated heterocycles. The molecule has 0 aromatic rings. The molecule has 0 aliphatic carbocycles. The van der Waals surface area contributed by atoms with Crippen LogP contribution >= 0.6 is 0 Å². The minimum atomic E-state index is -0.265. The van der Waals surface area contributed by atoms with Crippen molar-refractivity contribution >= 4 is 0 Å². The molecule has 86 valence electrons. The number of aliphatic hydroxyl groups is 1. The van der Waals surface area contributed by atoms with E-state index in [1.165, 1.54) is 12.8 Å². The number of rotatable bonds is 5. The van der Waals surface area contributed by atoms with Crippen LogP contribution in [-0.2, 0) is 0 Å². The average molecular weight is 208 g/mol. The second-order valence-electron chi connectivity index (χ2n) is 4.38. The topological polar surface area (TPSA) is 20.2 Å². The first-order valence-electron chi connectivity index (χ1n) is 5.92. The average Bonchev–Trinajstić information content (AvgIpc) is 2.21. The Bertz CT molecular complexity index is 229. The zero-order valence-electron chi connectivity index (χ0n) is 10.5. The van der Waals surface area contributed by atoms with Gasteiger partial charge in [-0.15, -0.1) is 0 Å². The van der Waals surface area contributed by atoms with Crippen LogP contribution in [0.1, 0.15) is 47.0 Å². The summed E-state index contributed by atoms with van der Waals surface area (Å²) in [5.41, 5.74) is 0. The molecule has 0 saturated carbocycles. The van der Waals surface area contributed by atoms with Gasteiger partial charge in [0.2, 0.25) is 0 Å². The van der Waals surface area contributed by atoms with Crippen molar-refractivity contribution in [2.45, 2.75) is 53.1 Å². The molecule has 0 aromatic carbocycles. The SMILES string of the molecule is CCCCC#C/C=C\[C@H](C)[C@H](O)C(C)C. The highest BCUT2D eigenvalue weighted by molar-refractivity contribution is 5.16. The number of allylic oxidation sites excluding steroid dienone is 1. The largest absolute Gasteiger partial charge is 0.392 e. The van der Waals surface area contributed by atoms with Crippen LogP contribution in [0.5, 0.6) is 0 Å². The summed E-state index contributed by atoms with van der Waals surface area (Å²) in [4.78, 5) is 0. The lowest BCUT2D eigenvalue weighted by Gasteiger charge is -2.18. The number of aliphatic hydroxyl groups excluding tert-OH is 1. The third-order valence-electron chi connectivity index (χ3n) is 2.46. The zero-order chi connectivity index (χ0) is 11.7. The van der Waals surface area contributed by atoms with Gasteiger partial charge in [0, 0.05) is 12.3 Å².